The Morgan fingerprint density at radius 3 is 2.21 bits per heavy atom. The molecule has 0 radical (unpaired) electrons. The van der Waals surface area contributed by atoms with Gasteiger partial charge in [-0.2, -0.15) is 0 Å². The first-order valence-electron chi connectivity index (χ1n) is 7.47. The van der Waals surface area contributed by atoms with Crippen LogP contribution in [0.2, 0.25) is 0 Å². The molecule has 0 nitrogen and oxygen atoms in total. The van der Waals surface area contributed by atoms with Crippen molar-refractivity contribution in [3.05, 3.63) is 77.4 Å². The summed E-state index contributed by atoms with van der Waals surface area (Å²) in [6.45, 7) is 4.85. The predicted octanol–water partition coefficient (Wildman–Crippen LogP) is 6.59. The first-order chi connectivity index (χ1) is 10.2. The van der Waals surface area contributed by atoms with Crippen LogP contribution >= 0.6 is 45.1 Å². The molecule has 0 saturated carbocycles. The monoisotopic (exact) mass is 568 g/mol. The fraction of sp³-hybridized carbons (Fsp3) is 0.263. The molecule has 2 unspecified atom stereocenters. The van der Waals surface area contributed by atoms with Gasteiger partial charge < -0.3 is 0 Å². The molecule has 3 rings (SSSR count). The Labute approximate surface area is 177 Å². The number of rotatable bonds is 5. The van der Waals surface area contributed by atoms with E-state index in [-0.39, 0.29) is 45.1 Å². The summed E-state index contributed by atoms with van der Waals surface area (Å²) in [7, 11) is 0.174. The van der Waals surface area contributed by atoms with Crippen molar-refractivity contribution < 1.29 is 22.9 Å². The van der Waals surface area contributed by atoms with E-state index >= 15 is 0 Å². The van der Waals surface area contributed by atoms with Gasteiger partial charge in [-0.15, -0.1) is 37.2 Å². The van der Waals surface area contributed by atoms with Crippen molar-refractivity contribution in [2.24, 2.45) is 0 Å². The Bertz CT molecular complexity index is 632. The molecule has 0 N–H and O–H groups in total. The number of fused-ring (bicyclic) bond motifs is 1. The van der Waals surface area contributed by atoms with Gasteiger partial charge in [-0.3, -0.25) is 0 Å². The summed E-state index contributed by atoms with van der Waals surface area (Å²) < 4.78 is 1.65. The molecular formula is C19H24Cl3HfP. The Kier molecular flexibility index (Phi) is 12.0. The van der Waals surface area contributed by atoms with Crippen molar-refractivity contribution >= 4 is 51.2 Å². The van der Waals surface area contributed by atoms with Crippen LogP contribution in [0.4, 0.5) is 0 Å². The summed E-state index contributed by atoms with van der Waals surface area (Å²) >= 11 is -0.800. The molecule has 130 valence electrons. The summed E-state index contributed by atoms with van der Waals surface area (Å²) in [6.07, 6.45) is 6.24. The molecule has 0 aliphatic heterocycles. The third-order valence-electron chi connectivity index (χ3n) is 3.93. The molecule has 2 aromatic carbocycles. The maximum absolute atomic E-state index is 2.48. The number of allylic oxidation sites excluding steroid dienone is 1. The van der Waals surface area contributed by atoms with Crippen molar-refractivity contribution in [3.63, 3.8) is 0 Å². The van der Waals surface area contributed by atoms with Crippen molar-refractivity contribution in [1.82, 2.24) is 0 Å². The number of hydrogen-bond acceptors (Lipinski definition) is 0. The van der Waals surface area contributed by atoms with Gasteiger partial charge >= 0.3 is 141 Å². The molecule has 0 amide bonds. The molecule has 5 heteroatoms. The third-order valence-corrected chi connectivity index (χ3v) is 12.7. The van der Waals surface area contributed by atoms with Gasteiger partial charge in [-0.1, -0.05) is 0 Å². The van der Waals surface area contributed by atoms with Crippen LogP contribution < -0.4 is 0 Å². The van der Waals surface area contributed by atoms with Crippen molar-refractivity contribution in [2.75, 3.05) is 19.5 Å². The molecule has 0 bridgehead atoms. The zero-order valence-electron chi connectivity index (χ0n) is 13.9. The molecule has 2 atom stereocenters. The van der Waals surface area contributed by atoms with Gasteiger partial charge in [0.25, 0.3) is 0 Å². The number of halogens is 3. The SMILES string of the molecule is CP(C)C[CH]([Hf][CH]1C=Cc2ccccc21)c1ccccc1.Cl.Cl.Cl. The van der Waals surface area contributed by atoms with Crippen LogP contribution in [0.15, 0.2) is 60.7 Å². The van der Waals surface area contributed by atoms with Gasteiger partial charge in [-0.05, 0) is 0 Å². The molecule has 1 aliphatic carbocycles. The van der Waals surface area contributed by atoms with E-state index in [0.717, 1.165) is 7.35 Å². The fourth-order valence-corrected chi connectivity index (χ4v) is 14.3. The molecule has 1 aliphatic rings. The van der Waals surface area contributed by atoms with Crippen molar-refractivity contribution in [2.45, 2.75) is 7.35 Å². The minimum atomic E-state index is -0.800. The Balaban J connectivity index is 0.00000176. The zero-order valence-corrected chi connectivity index (χ0v) is 20.8. The zero-order chi connectivity index (χ0) is 14.7. The summed E-state index contributed by atoms with van der Waals surface area (Å²) in [5.41, 5.74) is 4.64. The average molecular weight is 568 g/mol. The average Bonchev–Trinajstić information content (AvgIpc) is 2.90. The molecule has 0 aromatic heterocycles. The van der Waals surface area contributed by atoms with E-state index in [9.17, 15) is 0 Å². The second-order valence-corrected chi connectivity index (χ2v) is 14.3. The molecule has 2 aromatic rings. The minimum Gasteiger partial charge on any atom is -0.147 e. The summed E-state index contributed by atoms with van der Waals surface area (Å²) in [5, 5.41) is 0. The first-order valence-corrected chi connectivity index (χ1v) is 14.0. The minimum absolute atomic E-state index is 0. The maximum Gasteiger partial charge on any atom is -0.147 e. The van der Waals surface area contributed by atoms with Crippen LogP contribution in [0.1, 0.15) is 24.0 Å². The fourth-order valence-electron chi connectivity index (χ4n) is 2.92. The summed E-state index contributed by atoms with van der Waals surface area (Å²) in [4.78, 5) is 0. The second kappa shape index (κ2) is 11.9. The second-order valence-electron chi connectivity index (χ2n) is 5.86. The quantitative estimate of drug-likeness (QED) is 0.283. The van der Waals surface area contributed by atoms with Gasteiger partial charge in [0.05, 0.1) is 0 Å². The molecule has 0 heterocycles. The van der Waals surface area contributed by atoms with Gasteiger partial charge in [0, 0.05) is 0 Å². The van der Waals surface area contributed by atoms with E-state index in [2.05, 4.69) is 80.1 Å². The van der Waals surface area contributed by atoms with Crippen molar-refractivity contribution in [3.8, 4) is 0 Å². The van der Waals surface area contributed by atoms with Gasteiger partial charge in [0.2, 0.25) is 0 Å². The van der Waals surface area contributed by atoms with Crippen LogP contribution in [0, 0.1) is 0 Å². The maximum atomic E-state index is 2.48. The van der Waals surface area contributed by atoms with Crippen LogP contribution in [0.3, 0.4) is 0 Å². The largest absolute Gasteiger partial charge is 0.147 e. The Morgan fingerprint density at radius 1 is 0.917 bits per heavy atom. The molecular weight excluding hydrogens is 544 g/mol. The normalized spacial score (nSPS) is 15.5. The van der Waals surface area contributed by atoms with E-state index in [4.69, 9.17) is 0 Å². The molecule has 24 heavy (non-hydrogen) atoms. The third kappa shape index (κ3) is 6.26. The molecule has 0 saturated heterocycles. The number of benzene rings is 2. The van der Waals surface area contributed by atoms with E-state index < -0.39 is 22.9 Å². The first kappa shape index (κ1) is 24.4. The van der Waals surface area contributed by atoms with E-state index in [1.165, 1.54) is 11.7 Å². The van der Waals surface area contributed by atoms with Crippen molar-refractivity contribution in [1.29, 1.82) is 0 Å². The van der Waals surface area contributed by atoms with E-state index in [1.807, 2.05) is 0 Å². The Morgan fingerprint density at radius 2 is 1.54 bits per heavy atom. The van der Waals surface area contributed by atoms with E-state index in [0.29, 0.717) is 0 Å². The smallest absolute Gasteiger partial charge is 0.147 e. The van der Waals surface area contributed by atoms with Crippen LogP contribution in [-0.2, 0) is 22.9 Å². The van der Waals surface area contributed by atoms with E-state index in [1.54, 1.807) is 11.1 Å². The molecule has 0 spiro atoms. The van der Waals surface area contributed by atoms with Crippen LogP contribution in [0.25, 0.3) is 6.08 Å². The van der Waals surface area contributed by atoms with Gasteiger partial charge in [-0.25, -0.2) is 0 Å². The molecule has 0 fully saturated rings. The topological polar surface area (TPSA) is 0 Å². The predicted molar refractivity (Wildman–Crippen MR) is 113 cm³/mol. The standard InChI is InChI=1S/C10H14P.C9H7.3ClH.Hf/c1-11(2)9-8-10-6-4-3-5-7-10;1-2-5-9-7-3-6-8(9)4-1;;;;/h3-8H,9H2,1-2H3;1-7H;3*1H;. The van der Waals surface area contributed by atoms with Gasteiger partial charge in [0.15, 0.2) is 0 Å². The van der Waals surface area contributed by atoms with Crippen LogP contribution in [0.5, 0.6) is 0 Å². The summed E-state index contributed by atoms with van der Waals surface area (Å²) in [6, 6.07) is 20.2. The Hall–Kier alpha value is 0.350. The van der Waals surface area contributed by atoms with Gasteiger partial charge in [0.1, 0.15) is 0 Å². The summed E-state index contributed by atoms with van der Waals surface area (Å²) in [5.74, 6) is 0. The van der Waals surface area contributed by atoms with Crippen LogP contribution in [-0.4, -0.2) is 19.5 Å². The number of hydrogen-bond donors (Lipinski definition) is 0.